The summed E-state index contributed by atoms with van der Waals surface area (Å²) in [7, 11) is 0. The van der Waals surface area contributed by atoms with Gasteiger partial charge in [0.2, 0.25) is 0 Å². The Hall–Kier alpha value is -2.50. The van der Waals surface area contributed by atoms with Crippen LogP contribution in [0.15, 0.2) is 55.1 Å². The Morgan fingerprint density at radius 1 is 1.12 bits per heavy atom. The number of fused-ring (bicyclic) bond motifs is 1. The van der Waals surface area contributed by atoms with Crippen LogP contribution in [0, 0.1) is 0 Å². The highest BCUT2D eigenvalue weighted by molar-refractivity contribution is 7.99. The summed E-state index contributed by atoms with van der Waals surface area (Å²) in [4.78, 5) is 12.3. The summed E-state index contributed by atoms with van der Waals surface area (Å²) in [5.41, 5.74) is 4.35. The third-order valence-electron chi connectivity index (χ3n) is 6.54. The van der Waals surface area contributed by atoms with Crippen LogP contribution in [0.4, 0.5) is 0 Å². The normalized spacial score (nSPS) is 14.5. The Bertz CT molecular complexity index is 1080. The highest BCUT2D eigenvalue weighted by Gasteiger charge is 2.22. The molecule has 0 bridgehead atoms. The number of aromatic nitrogens is 1. The molecule has 0 spiro atoms. The van der Waals surface area contributed by atoms with E-state index in [-0.39, 0.29) is 0 Å². The van der Waals surface area contributed by atoms with Gasteiger partial charge in [0, 0.05) is 34.8 Å². The molecule has 0 radical (unpaired) electrons. The third kappa shape index (κ3) is 5.90. The van der Waals surface area contributed by atoms with Crippen LogP contribution in [0.3, 0.4) is 0 Å². The van der Waals surface area contributed by atoms with Crippen LogP contribution < -0.4 is 5.32 Å². The predicted molar refractivity (Wildman–Crippen MR) is 140 cm³/mol. The quantitative estimate of drug-likeness (QED) is 0.316. The van der Waals surface area contributed by atoms with Gasteiger partial charge >= 0.3 is 5.97 Å². The zero-order valence-corrected chi connectivity index (χ0v) is 20.1. The number of para-hydroxylation sites is 1. The van der Waals surface area contributed by atoms with Crippen molar-refractivity contribution in [2.24, 2.45) is 0 Å². The average Bonchev–Trinajstić information content (AvgIpc) is 3.16. The minimum absolute atomic E-state index is 0.382. The van der Waals surface area contributed by atoms with Crippen molar-refractivity contribution in [3.63, 3.8) is 0 Å². The lowest BCUT2D eigenvalue weighted by Crippen LogP contribution is -2.19. The van der Waals surface area contributed by atoms with Crippen LogP contribution in [-0.2, 0) is 13.1 Å². The second kappa shape index (κ2) is 11.6. The first-order valence-electron chi connectivity index (χ1n) is 12.0. The highest BCUT2D eigenvalue weighted by atomic mass is 32.2. The molecule has 0 unspecified atom stereocenters. The molecular weight excluding hydrogens is 428 g/mol. The second-order valence-electron chi connectivity index (χ2n) is 8.84. The van der Waals surface area contributed by atoms with Crippen LogP contribution in [0.2, 0.25) is 0 Å². The van der Waals surface area contributed by atoms with Crippen LogP contribution >= 0.6 is 11.8 Å². The van der Waals surface area contributed by atoms with Crippen molar-refractivity contribution < 1.29 is 9.90 Å². The Morgan fingerprint density at radius 2 is 1.88 bits per heavy atom. The number of carbonyl (C=O) groups is 1. The van der Waals surface area contributed by atoms with Crippen LogP contribution in [0.5, 0.6) is 0 Å². The maximum Gasteiger partial charge on any atom is 0.352 e. The van der Waals surface area contributed by atoms with Gasteiger partial charge in [-0.1, -0.05) is 74.4 Å². The molecule has 1 aliphatic rings. The number of hydrogen-bond donors (Lipinski definition) is 2. The van der Waals surface area contributed by atoms with Gasteiger partial charge in [0.05, 0.1) is 0 Å². The fourth-order valence-corrected chi connectivity index (χ4v) is 6.11. The van der Waals surface area contributed by atoms with E-state index in [4.69, 9.17) is 0 Å². The largest absolute Gasteiger partial charge is 0.477 e. The lowest BCUT2D eigenvalue weighted by Gasteiger charge is -2.20. The topological polar surface area (TPSA) is 54.3 Å². The Labute approximate surface area is 201 Å². The minimum atomic E-state index is -0.876. The molecule has 1 heterocycles. The van der Waals surface area contributed by atoms with E-state index in [1.54, 1.807) is 0 Å². The molecule has 4 nitrogen and oxygen atoms in total. The Balaban J connectivity index is 1.46. The molecule has 33 heavy (non-hydrogen) atoms. The molecule has 1 aliphatic carbocycles. The van der Waals surface area contributed by atoms with Gasteiger partial charge in [-0.3, -0.25) is 0 Å². The summed E-state index contributed by atoms with van der Waals surface area (Å²) in [6.45, 7) is 5.80. The molecular formula is C28H34N2O2S. The number of rotatable bonds is 11. The van der Waals surface area contributed by atoms with E-state index < -0.39 is 5.97 Å². The molecule has 3 aromatic rings. The molecule has 1 fully saturated rings. The zero-order chi connectivity index (χ0) is 23.0. The van der Waals surface area contributed by atoms with E-state index in [1.807, 2.05) is 59.2 Å². The molecule has 0 saturated heterocycles. The van der Waals surface area contributed by atoms with Crippen molar-refractivity contribution in [1.29, 1.82) is 0 Å². The average molecular weight is 463 g/mol. The van der Waals surface area contributed by atoms with Gasteiger partial charge in [0.25, 0.3) is 0 Å². The summed E-state index contributed by atoms with van der Waals surface area (Å²) in [5, 5.41) is 15.5. The first-order valence-corrected chi connectivity index (χ1v) is 13.1. The molecule has 2 N–H and O–H groups in total. The SMILES string of the molecule is C=Cc1ccc(Cn2c(C(=O)O)c(CNCCCSC3CCCCC3)c3ccccc32)cc1. The van der Waals surface area contributed by atoms with E-state index in [9.17, 15) is 9.90 Å². The number of aromatic carboxylic acids is 1. The zero-order valence-electron chi connectivity index (χ0n) is 19.3. The number of nitrogens with zero attached hydrogens (tertiary/aromatic N) is 1. The molecule has 1 saturated carbocycles. The van der Waals surface area contributed by atoms with Crippen molar-refractivity contribution >= 4 is 34.7 Å². The minimum Gasteiger partial charge on any atom is -0.477 e. The number of carboxylic acids is 1. The molecule has 5 heteroatoms. The van der Waals surface area contributed by atoms with E-state index in [0.29, 0.717) is 18.8 Å². The van der Waals surface area contributed by atoms with Crippen molar-refractivity contribution in [2.75, 3.05) is 12.3 Å². The van der Waals surface area contributed by atoms with Crippen molar-refractivity contribution in [2.45, 2.75) is 56.9 Å². The van der Waals surface area contributed by atoms with Gasteiger partial charge in [-0.05, 0) is 48.8 Å². The summed E-state index contributed by atoms with van der Waals surface area (Å²) in [5.74, 6) is 0.296. The number of nitrogens with one attached hydrogen (secondary N) is 1. The molecule has 0 amide bonds. The van der Waals surface area contributed by atoms with Gasteiger partial charge in [-0.2, -0.15) is 11.8 Å². The first-order chi connectivity index (χ1) is 16.2. The number of thioether (sulfide) groups is 1. The summed E-state index contributed by atoms with van der Waals surface area (Å²) in [6.07, 6.45) is 9.84. The van der Waals surface area contributed by atoms with Crippen molar-refractivity contribution in [1.82, 2.24) is 9.88 Å². The van der Waals surface area contributed by atoms with Gasteiger partial charge in [0.1, 0.15) is 5.69 Å². The maximum absolute atomic E-state index is 12.3. The highest BCUT2D eigenvalue weighted by Crippen LogP contribution is 2.29. The molecule has 4 rings (SSSR count). The smallest absolute Gasteiger partial charge is 0.352 e. The van der Waals surface area contributed by atoms with Gasteiger partial charge < -0.3 is 15.0 Å². The molecule has 0 aliphatic heterocycles. The lowest BCUT2D eigenvalue weighted by molar-refractivity contribution is 0.0685. The summed E-state index contributed by atoms with van der Waals surface area (Å²) in [6, 6.07) is 16.1. The second-order valence-corrected chi connectivity index (χ2v) is 10.3. The van der Waals surface area contributed by atoms with E-state index in [1.165, 1.54) is 37.9 Å². The maximum atomic E-state index is 12.3. The van der Waals surface area contributed by atoms with E-state index in [0.717, 1.165) is 45.8 Å². The van der Waals surface area contributed by atoms with Crippen molar-refractivity contribution in [3.05, 3.63) is 77.5 Å². The van der Waals surface area contributed by atoms with Gasteiger partial charge in [-0.15, -0.1) is 0 Å². The third-order valence-corrected chi connectivity index (χ3v) is 8.01. The molecule has 1 aromatic heterocycles. The first kappa shape index (κ1) is 23.7. The van der Waals surface area contributed by atoms with Gasteiger partial charge in [0.15, 0.2) is 0 Å². The predicted octanol–water partition coefficient (Wildman–Crippen LogP) is 6.58. The number of benzene rings is 2. The van der Waals surface area contributed by atoms with Crippen LogP contribution in [0.25, 0.3) is 17.0 Å². The molecule has 174 valence electrons. The lowest BCUT2D eigenvalue weighted by atomic mass is 10.0. The van der Waals surface area contributed by atoms with Gasteiger partial charge in [-0.25, -0.2) is 4.79 Å². The summed E-state index contributed by atoms with van der Waals surface area (Å²) >= 11 is 2.12. The summed E-state index contributed by atoms with van der Waals surface area (Å²) < 4.78 is 1.94. The Kier molecular flexibility index (Phi) is 8.30. The standard InChI is InChI=1S/C28H34N2O2S/c1-2-21-13-15-22(16-14-21)20-30-26-12-7-6-11-24(26)25(27(30)28(31)32)19-29-17-8-18-33-23-9-4-3-5-10-23/h2,6-7,11-16,23,29H,1,3-5,8-10,17-20H2,(H,31,32). The molecule has 0 atom stereocenters. The molecule has 2 aromatic carbocycles. The Morgan fingerprint density at radius 3 is 2.61 bits per heavy atom. The fourth-order valence-electron chi connectivity index (χ4n) is 4.80. The monoisotopic (exact) mass is 462 g/mol. The van der Waals surface area contributed by atoms with E-state index in [2.05, 4.69) is 23.7 Å². The number of carboxylic acid groups (broad SMARTS) is 1. The van der Waals surface area contributed by atoms with Crippen LogP contribution in [0.1, 0.15) is 65.7 Å². The van der Waals surface area contributed by atoms with Crippen molar-refractivity contribution in [3.8, 4) is 0 Å². The van der Waals surface area contributed by atoms with Crippen LogP contribution in [-0.4, -0.2) is 33.2 Å². The van der Waals surface area contributed by atoms with E-state index >= 15 is 0 Å². The fraction of sp³-hybridized carbons (Fsp3) is 0.393. The number of hydrogen-bond acceptors (Lipinski definition) is 3.